The van der Waals surface area contributed by atoms with Gasteiger partial charge in [-0.2, -0.15) is 18.3 Å². The van der Waals surface area contributed by atoms with E-state index in [4.69, 9.17) is 0 Å². The Hall–Kier alpha value is -4.00. The molecule has 5 rings (SSSR count). The molecule has 1 aliphatic rings. The maximum atomic E-state index is 13.9. The lowest BCUT2D eigenvalue weighted by Gasteiger charge is -2.28. The van der Waals surface area contributed by atoms with Crippen molar-refractivity contribution in [1.29, 1.82) is 0 Å². The number of ketones is 1. The summed E-state index contributed by atoms with van der Waals surface area (Å²) in [6, 6.07) is 13.0. The topological polar surface area (TPSA) is 62.5 Å². The van der Waals surface area contributed by atoms with Gasteiger partial charge in [0.1, 0.15) is 5.69 Å². The van der Waals surface area contributed by atoms with Crippen LogP contribution in [0.1, 0.15) is 43.9 Å². The molecule has 0 unspecified atom stereocenters. The molecule has 1 fully saturated rings. The van der Waals surface area contributed by atoms with E-state index in [0.717, 1.165) is 24.7 Å². The molecule has 6 nitrogen and oxygen atoms in total. The van der Waals surface area contributed by atoms with Crippen molar-refractivity contribution in [2.24, 2.45) is 0 Å². The number of aryl methyl sites for hydroxylation is 1. The van der Waals surface area contributed by atoms with Crippen molar-refractivity contribution in [3.63, 3.8) is 0 Å². The molecule has 2 aromatic carbocycles. The van der Waals surface area contributed by atoms with Crippen molar-refractivity contribution in [2.45, 2.75) is 26.1 Å². The van der Waals surface area contributed by atoms with Crippen molar-refractivity contribution < 1.29 is 18.0 Å². The second-order valence-corrected chi connectivity index (χ2v) is 9.33. The highest BCUT2D eigenvalue weighted by molar-refractivity contribution is 5.98. The number of aromatic nitrogens is 3. The summed E-state index contributed by atoms with van der Waals surface area (Å²) in [7, 11) is 0. The molecular weight excluding hydrogens is 491 g/mol. The summed E-state index contributed by atoms with van der Waals surface area (Å²) in [5.74, 6) is 5.86. The zero-order valence-electron chi connectivity index (χ0n) is 20.8. The van der Waals surface area contributed by atoms with Gasteiger partial charge in [-0.15, -0.1) is 0 Å². The van der Waals surface area contributed by atoms with E-state index >= 15 is 0 Å². The van der Waals surface area contributed by atoms with Gasteiger partial charge in [-0.3, -0.25) is 9.69 Å². The van der Waals surface area contributed by atoms with Gasteiger partial charge < -0.3 is 5.32 Å². The first-order valence-corrected chi connectivity index (χ1v) is 12.3. The van der Waals surface area contributed by atoms with Gasteiger partial charge in [0, 0.05) is 56.5 Å². The number of alkyl halides is 3. The van der Waals surface area contributed by atoms with E-state index in [9.17, 15) is 18.0 Å². The number of Topliss-reactive ketones (excluding diaryl/α,β-unsaturated/α-hetero) is 1. The average Bonchev–Trinajstić information content (AvgIpc) is 3.32. The molecule has 9 heteroatoms. The van der Waals surface area contributed by atoms with Gasteiger partial charge in [0.2, 0.25) is 0 Å². The highest BCUT2D eigenvalue weighted by Gasteiger charge is 2.34. The number of nitrogens with one attached hydrogen (secondary N) is 1. The lowest BCUT2D eigenvalue weighted by molar-refractivity contribution is -0.138. The summed E-state index contributed by atoms with van der Waals surface area (Å²) in [4.78, 5) is 19.4. The Kier molecular flexibility index (Phi) is 7.27. The highest BCUT2D eigenvalue weighted by Crippen LogP contribution is 2.33. The number of hydrogen-bond donors (Lipinski definition) is 1. The molecule has 3 heterocycles. The van der Waals surface area contributed by atoms with E-state index in [2.05, 4.69) is 27.2 Å². The van der Waals surface area contributed by atoms with Crippen LogP contribution in [0.4, 0.5) is 13.2 Å². The quantitative estimate of drug-likeness (QED) is 0.316. The molecule has 0 aliphatic carbocycles. The second-order valence-electron chi connectivity index (χ2n) is 9.33. The Balaban J connectivity index is 1.36. The summed E-state index contributed by atoms with van der Waals surface area (Å²) in [6.45, 7) is 5.03. The van der Waals surface area contributed by atoms with Crippen molar-refractivity contribution in [1.82, 2.24) is 24.8 Å². The standard InChI is InChI=1S/C29H26F3N5O/c1-20-4-6-23(17-22(20)8-9-25-18-34-28-3-2-10-35-37(25)28)27(38)16-21-5-7-24(26(15-21)29(30,31)32)19-36-13-11-33-12-14-36/h2-7,10,15,17-18,33H,11-14,16,19H2,1H3. The summed E-state index contributed by atoms with van der Waals surface area (Å²) in [5, 5.41) is 7.45. The normalized spacial score (nSPS) is 14.3. The first kappa shape index (κ1) is 25.6. The van der Waals surface area contributed by atoms with Crippen LogP contribution in [0.5, 0.6) is 0 Å². The molecule has 38 heavy (non-hydrogen) atoms. The van der Waals surface area contributed by atoms with Crippen LogP contribution in [0, 0.1) is 18.8 Å². The number of carbonyl (C=O) groups excluding carboxylic acids is 1. The number of carbonyl (C=O) groups is 1. The molecule has 0 saturated carbocycles. The van der Waals surface area contributed by atoms with Crippen LogP contribution in [0.15, 0.2) is 60.9 Å². The molecule has 4 aromatic rings. The third kappa shape index (κ3) is 5.77. The van der Waals surface area contributed by atoms with Crippen LogP contribution in [-0.4, -0.2) is 51.5 Å². The van der Waals surface area contributed by atoms with Gasteiger partial charge in [-0.1, -0.05) is 30.2 Å². The fourth-order valence-corrected chi connectivity index (χ4v) is 4.51. The number of imidazole rings is 1. The maximum absolute atomic E-state index is 13.9. The Bertz CT molecular complexity index is 1540. The number of rotatable bonds is 5. The summed E-state index contributed by atoms with van der Waals surface area (Å²) in [5.41, 5.74) is 3.10. The summed E-state index contributed by atoms with van der Waals surface area (Å²) >= 11 is 0. The lowest BCUT2D eigenvalue weighted by Crippen LogP contribution is -2.43. The van der Waals surface area contributed by atoms with Gasteiger partial charge >= 0.3 is 6.18 Å². The van der Waals surface area contributed by atoms with E-state index in [-0.39, 0.29) is 24.3 Å². The predicted molar refractivity (Wildman–Crippen MR) is 138 cm³/mol. The van der Waals surface area contributed by atoms with Crippen LogP contribution in [0.25, 0.3) is 5.65 Å². The molecule has 2 aromatic heterocycles. The minimum atomic E-state index is -4.50. The largest absolute Gasteiger partial charge is 0.416 e. The third-order valence-electron chi connectivity index (χ3n) is 6.61. The predicted octanol–water partition coefficient (Wildman–Crippen LogP) is 4.29. The summed E-state index contributed by atoms with van der Waals surface area (Å²) in [6.07, 6.45) is -1.36. The van der Waals surface area contributed by atoms with E-state index in [1.807, 2.05) is 17.9 Å². The van der Waals surface area contributed by atoms with Gasteiger partial charge in [0.05, 0.1) is 11.8 Å². The average molecular weight is 518 g/mol. The SMILES string of the molecule is Cc1ccc(C(=O)Cc2ccc(CN3CCNCC3)c(C(F)(F)F)c2)cc1C#Cc1cnc2cccnn12. The Labute approximate surface area is 218 Å². The zero-order valence-corrected chi connectivity index (χ0v) is 20.8. The number of benzene rings is 2. The van der Waals surface area contributed by atoms with E-state index in [0.29, 0.717) is 41.1 Å². The Morgan fingerprint density at radius 2 is 1.89 bits per heavy atom. The van der Waals surface area contributed by atoms with Crippen molar-refractivity contribution in [3.8, 4) is 11.8 Å². The van der Waals surface area contributed by atoms with Crippen molar-refractivity contribution in [3.05, 3.63) is 100.0 Å². The fraction of sp³-hybridized carbons (Fsp3) is 0.276. The molecule has 0 bridgehead atoms. The van der Waals surface area contributed by atoms with Crippen molar-refractivity contribution in [2.75, 3.05) is 26.2 Å². The molecule has 0 spiro atoms. The minimum absolute atomic E-state index is 0.135. The zero-order chi connectivity index (χ0) is 26.7. The first-order chi connectivity index (χ1) is 18.3. The number of fused-ring (bicyclic) bond motifs is 1. The van der Waals surface area contributed by atoms with Gasteiger partial charge in [-0.05, 0) is 53.8 Å². The first-order valence-electron chi connectivity index (χ1n) is 12.3. The van der Waals surface area contributed by atoms with Gasteiger partial charge in [0.25, 0.3) is 0 Å². The smallest absolute Gasteiger partial charge is 0.314 e. The van der Waals surface area contributed by atoms with Crippen LogP contribution < -0.4 is 5.32 Å². The Morgan fingerprint density at radius 1 is 1.08 bits per heavy atom. The summed E-state index contributed by atoms with van der Waals surface area (Å²) < 4.78 is 43.3. The molecule has 0 atom stereocenters. The molecule has 0 radical (unpaired) electrons. The number of nitrogens with zero attached hydrogens (tertiary/aromatic N) is 4. The van der Waals surface area contributed by atoms with Gasteiger partial charge in [-0.25, -0.2) is 9.50 Å². The van der Waals surface area contributed by atoms with Crippen LogP contribution in [-0.2, 0) is 19.1 Å². The molecule has 1 saturated heterocycles. The molecule has 194 valence electrons. The monoisotopic (exact) mass is 517 g/mol. The molecule has 0 amide bonds. The number of hydrogen-bond acceptors (Lipinski definition) is 5. The number of piperazine rings is 1. The molecule has 1 N–H and O–H groups in total. The second kappa shape index (κ2) is 10.8. The van der Waals surface area contributed by atoms with Crippen molar-refractivity contribution >= 4 is 11.4 Å². The van der Waals surface area contributed by atoms with E-state index < -0.39 is 11.7 Å². The third-order valence-corrected chi connectivity index (χ3v) is 6.61. The molecular formula is C29H26F3N5O. The highest BCUT2D eigenvalue weighted by atomic mass is 19.4. The van der Waals surface area contributed by atoms with Crippen LogP contribution in [0.3, 0.4) is 0 Å². The van der Waals surface area contributed by atoms with E-state index in [1.165, 1.54) is 6.07 Å². The number of halogens is 3. The molecule has 1 aliphatic heterocycles. The minimum Gasteiger partial charge on any atom is -0.314 e. The Morgan fingerprint density at radius 3 is 2.68 bits per heavy atom. The van der Waals surface area contributed by atoms with Gasteiger partial charge in [0.15, 0.2) is 11.4 Å². The fourth-order valence-electron chi connectivity index (χ4n) is 4.51. The van der Waals surface area contributed by atoms with Crippen LogP contribution >= 0.6 is 0 Å². The van der Waals surface area contributed by atoms with E-state index in [1.54, 1.807) is 47.2 Å². The lowest BCUT2D eigenvalue weighted by atomic mass is 9.96. The van der Waals surface area contributed by atoms with Crippen LogP contribution in [0.2, 0.25) is 0 Å². The maximum Gasteiger partial charge on any atom is 0.416 e.